The van der Waals surface area contributed by atoms with E-state index >= 15 is 0 Å². The van der Waals surface area contributed by atoms with Gasteiger partial charge in [0.05, 0.1) is 14.2 Å². The summed E-state index contributed by atoms with van der Waals surface area (Å²) in [5.74, 6) is 3.99. The first-order valence-electron chi connectivity index (χ1n) is 6.50. The molecule has 0 amide bonds. The van der Waals surface area contributed by atoms with Gasteiger partial charge in [-0.2, -0.15) is 17.2 Å². The standard InChI is InChI=1S/C14H21NO3S/c1-16-14-9-11(10-15-17-2)3-4-13(14)18-12-5-7-19-8-6-12/h3-4,9,12,15H,5-8,10H2,1-2H3. The van der Waals surface area contributed by atoms with Gasteiger partial charge in [-0.05, 0) is 42.0 Å². The van der Waals surface area contributed by atoms with Gasteiger partial charge < -0.3 is 14.3 Å². The fourth-order valence-corrected chi connectivity index (χ4v) is 3.11. The molecule has 1 aliphatic heterocycles. The van der Waals surface area contributed by atoms with Crippen molar-refractivity contribution in [1.82, 2.24) is 5.48 Å². The Balaban J connectivity index is 2.02. The number of hydrogen-bond acceptors (Lipinski definition) is 5. The molecule has 0 aromatic heterocycles. The highest BCUT2D eigenvalue weighted by Gasteiger charge is 2.17. The summed E-state index contributed by atoms with van der Waals surface area (Å²) in [4.78, 5) is 4.85. The Morgan fingerprint density at radius 3 is 2.68 bits per heavy atom. The molecule has 106 valence electrons. The molecule has 2 rings (SSSR count). The quantitative estimate of drug-likeness (QED) is 0.813. The Morgan fingerprint density at radius 1 is 1.21 bits per heavy atom. The molecule has 4 nitrogen and oxygen atoms in total. The second-order valence-electron chi connectivity index (χ2n) is 4.44. The summed E-state index contributed by atoms with van der Waals surface area (Å²) in [7, 11) is 3.28. The number of nitrogens with one attached hydrogen (secondary N) is 1. The molecule has 0 spiro atoms. The van der Waals surface area contributed by atoms with E-state index < -0.39 is 0 Å². The molecule has 0 radical (unpaired) electrons. The maximum absolute atomic E-state index is 6.05. The second kappa shape index (κ2) is 7.62. The molecule has 1 N–H and O–H groups in total. The predicted molar refractivity (Wildman–Crippen MR) is 77.8 cm³/mol. The van der Waals surface area contributed by atoms with E-state index in [0.717, 1.165) is 29.9 Å². The lowest BCUT2D eigenvalue weighted by molar-refractivity contribution is 0.0866. The predicted octanol–water partition coefficient (Wildman–Crippen LogP) is 2.62. The van der Waals surface area contributed by atoms with E-state index in [1.54, 1.807) is 14.2 Å². The molecule has 1 aromatic rings. The third kappa shape index (κ3) is 4.30. The summed E-state index contributed by atoms with van der Waals surface area (Å²) in [5.41, 5.74) is 3.92. The summed E-state index contributed by atoms with van der Waals surface area (Å²) in [6, 6.07) is 5.99. The van der Waals surface area contributed by atoms with Crippen molar-refractivity contribution in [3.63, 3.8) is 0 Å². The van der Waals surface area contributed by atoms with Crippen LogP contribution in [0.15, 0.2) is 18.2 Å². The first-order valence-corrected chi connectivity index (χ1v) is 7.66. The summed E-state index contributed by atoms with van der Waals surface area (Å²) in [5, 5.41) is 0. The zero-order valence-electron chi connectivity index (χ0n) is 11.5. The van der Waals surface area contributed by atoms with Crippen LogP contribution in [0.4, 0.5) is 0 Å². The van der Waals surface area contributed by atoms with Crippen LogP contribution in [0.25, 0.3) is 0 Å². The van der Waals surface area contributed by atoms with Crippen LogP contribution in [0.3, 0.4) is 0 Å². The topological polar surface area (TPSA) is 39.7 Å². The fourth-order valence-electron chi connectivity index (χ4n) is 2.05. The normalized spacial score (nSPS) is 16.3. The third-order valence-corrected chi connectivity index (χ3v) is 4.16. The number of hydroxylamine groups is 1. The Bertz CT molecular complexity index is 394. The van der Waals surface area contributed by atoms with Gasteiger partial charge in [0.2, 0.25) is 0 Å². The molecule has 0 unspecified atom stereocenters. The van der Waals surface area contributed by atoms with Crippen LogP contribution in [0, 0.1) is 0 Å². The van der Waals surface area contributed by atoms with E-state index in [9.17, 15) is 0 Å². The molecule has 1 saturated heterocycles. The van der Waals surface area contributed by atoms with E-state index in [0.29, 0.717) is 12.6 Å². The van der Waals surface area contributed by atoms with Gasteiger partial charge in [-0.15, -0.1) is 0 Å². The molecular formula is C14H21NO3S. The lowest BCUT2D eigenvalue weighted by atomic mass is 10.2. The lowest BCUT2D eigenvalue weighted by Gasteiger charge is -2.24. The molecule has 19 heavy (non-hydrogen) atoms. The number of thioether (sulfide) groups is 1. The van der Waals surface area contributed by atoms with Crippen LogP contribution in [0.2, 0.25) is 0 Å². The van der Waals surface area contributed by atoms with Gasteiger partial charge in [-0.25, -0.2) is 0 Å². The van der Waals surface area contributed by atoms with Crippen molar-refractivity contribution in [2.75, 3.05) is 25.7 Å². The van der Waals surface area contributed by atoms with Crippen molar-refractivity contribution >= 4 is 11.8 Å². The highest BCUT2D eigenvalue weighted by Crippen LogP contribution is 2.31. The molecule has 0 saturated carbocycles. The van der Waals surface area contributed by atoms with Crippen molar-refractivity contribution in [2.24, 2.45) is 0 Å². The van der Waals surface area contributed by atoms with Gasteiger partial charge in [-0.1, -0.05) is 6.07 Å². The second-order valence-corrected chi connectivity index (χ2v) is 5.66. The fraction of sp³-hybridized carbons (Fsp3) is 0.571. The van der Waals surface area contributed by atoms with Crippen molar-refractivity contribution in [2.45, 2.75) is 25.5 Å². The summed E-state index contributed by atoms with van der Waals surface area (Å²) < 4.78 is 11.5. The lowest BCUT2D eigenvalue weighted by Crippen LogP contribution is -2.22. The molecular weight excluding hydrogens is 262 g/mol. The maximum Gasteiger partial charge on any atom is 0.161 e. The number of benzene rings is 1. The van der Waals surface area contributed by atoms with Gasteiger partial charge in [0.15, 0.2) is 11.5 Å². The van der Waals surface area contributed by atoms with Crippen LogP contribution < -0.4 is 15.0 Å². The number of methoxy groups -OCH3 is 1. The molecule has 1 fully saturated rings. The smallest absolute Gasteiger partial charge is 0.161 e. The van der Waals surface area contributed by atoms with Gasteiger partial charge in [0.25, 0.3) is 0 Å². The molecule has 5 heteroatoms. The minimum atomic E-state index is 0.318. The van der Waals surface area contributed by atoms with Crippen molar-refractivity contribution in [1.29, 1.82) is 0 Å². The summed E-state index contributed by atoms with van der Waals surface area (Å²) in [6.45, 7) is 0.646. The van der Waals surface area contributed by atoms with Crippen LogP contribution in [-0.4, -0.2) is 31.8 Å². The van der Waals surface area contributed by atoms with Crippen molar-refractivity contribution in [3.8, 4) is 11.5 Å². The average molecular weight is 283 g/mol. The van der Waals surface area contributed by atoms with Crippen LogP contribution in [-0.2, 0) is 11.4 Å². The molecule has 0 aliphatic carbocycles. The minimum absolute atomic E-state index is 0.318. The third-order valence-electron chi connectivity index (χ3n) is 3.11. The average Bonchev–Trinajstić information content (AvgIpc) is 2.47. The zero-order chi connectivity index (χ0) is 13.5. The first-order chi connectivity index (χ1) is 9.33. The van der Waals surface area contributed by atoms with Gasteiger partial charge >= 0.3 is 0 Å². The Kier molecular flexibility index (Phi) is 5.82. The SMILES string of the molecule is CONCc1ccc(OC2CCSCC2)c(OC)c1. The Hall–Kier alpha value is -0.910. The van der Waals surface area contributed by atoms with E-state index in [2.05, 4.69) is 5.48 Å². The highest BCUT2D eigenvalue weighted by atomic mass is 32.2. The Morgan fingerprint density at radius 2 is 2.00 bits per heavy atom. The molecule has 1 aromatic carbocycles. The van der Waals surface area contributed by atoms with Gasteiger partial charge in [-0.3, -0.25) is 0 Å². The maximum atomic E-state index is 6.05. The molecule has 1 aliphatic rings. The van der Waals surface area contributed by atoms with E-state index in [1.807, 2.05) is 30.0 Å². The highest BCUT2D eigenvalue weighted by molar-refractivity contribution is 7.99. The van der Waals surface area contributed by atoms with E-state index in [4.69, 9.17) is 14.3 Å². The summed E-state index contributed by atoms with van der Waals surface area (Å²) in [6.07, 6.45) is 2.54. The van der Waals surface area contributed by atoms with Gasteiger partial charge in [0.1, 0.15) is 6.10 Å². The summed E-state index contributed by atoms with van der Waals surface area (Å²) >= 11 is 2.00. The minimum Gasteiger partial charge on any atom is -0.493 e. The van der Waals surface area contributed by atoms with Crippen molar-refractivity contribution in [3.05, 3.63) is 23.8 Å². The van der Waals surface area contributed by atoms with E-state index in [1.165, 1.54) is 11.5 Å². The van der Waals surface area contributed by atoms with Crippen LogP contribution in [0.5, 0.6) is 11.5 Å². The van der Waals surface area contributed by atoms with Gasteiger partial charge in [0, 0.05) is 6.54 Å². The first kappa shape index (κ1) is 14.5. The van der Waals surface area contributed by atoms with Crippen LogP contribution in [0.1, 0.15) is 18.4 Å². The van der Waals surface area contributed by atoms with Crippen LogP contribution >= 0.6 is 11.8 Å². The van der Waals surface area contributed by atoms with Crippen molar-refractivity contribution < 1.29 is 14.3 Å². The largest absolute Gasteiger partial charge is 0.493 e. The number of ether oxygens (including phenoxy) is 2. The zero-order valence-corrected chi connectivity index (χ0v) is 12.3. The number of rotatable bonds is 6. The van der Waals surface area contributed by atoms with E-state index in [-0.39, 0.29) is 0 Å². The molecule has 1 heterocycles. The number of hydrogen-bond donors (Lipinski definition) is 1. The monoisotopic (exact) mass is 283 g/mol. The Labute approximate surface area is 118 Å². The molecule has 0 atom stereocenters. The molecule has 0 bridgehead atoms.